The third kappa shape index (κ3) is 0.922. The van der Waals surface area contributed by atoms with Crippen molar-refractivity contribution in [3.63, 3.8) is 0 Å². The number of imidazole rings is 2. The maximum atomic E-state index is 4.23. The highest BCUT2D eigenvalue weighted by molar-refractivity contribution is 5.38. The number of aromatic amines is 1. The molecule has 0 bridgehead atoms. The zero-order chi connectivity index (χ0) is 8.55. The Morgan fingerprint density at radius 1 is 1.58 bits per heavy atom. The van der Waals surface area contributed by atoms with E-state index in [1.54, 1.807) is 6.20 Å². The van der Waals surface area contributed by atoms with Gasteiger partial charge in [0, 0.05) is 19.4 Å². The topological polar surface area (TPSA) is 37.5 Å². The van der Waals surface area contributed by atoms with Gasteiger partial charge in [-0.2, -0.15) is 0 Å². The third-order valence-electron chi connectivity index (χ3n) is 1.90. The first-order valence-corrected chi connectivity index (χ1v) is 3.80. The fourth-order valence-corrected chi connectivity index (χ4v) is 1.22. The SMILES string of the molecule is Cn1ccnc1-c1[nH]cc[n+]1C. The summed E-state index contributed by atoms with van der Waals surface area (Å²) in [6.07, 6.45) is 7.57. The summed E-state index contributed by atoms with van der Waals surface area (Å²) < 4.78 is 3.98. The molecule has 4 heteroatoms. The minimum Gasteiger partial charge on any atom is -0.328 e. The van der Waals surface area contributed by atoms with E-state index in [4.69, 9.17) is 0 Å². The van der Waals surface area contributed by atoms with Crippen LogP contribution in [0.3, 0.4) is 0 Å². The summed E-state index contributed by atoms with van der Waals surface area (Å²) in [6.45, 7) is 0. The molecular formula is C8H11N4+. The second-order valence-corrected chi connectivity index (χ2v) is 2.78. The molecule has 0 radical (unpaired) electrons. The predicted octanol–water partition coefficient (Wildman–Crippen LogP) is 0.240. The molecule has 0 unspecified atom stereocenters. The Balaban J connectivity index is 2.57. The van der Waals surface area contributed by atoms with Crippen LogP contribution in [0.1, 0.15) is 0 Å². The van der Waals surface area contributed by atoms with Crippen LogP contribution in [0.4, 0.5) is 0 Å². The minimum absolute atomic E-state index is 0.947. The van der Waals surface area contributed by atoms with Gasteiger partial charge in [-0.25, -0.2) is 14.5 Å². The standard InChI is InChI=1S/C8H10N4/c1-11-5-3-9-7(11)8-10-4-6-12(8)2/h3-6H,1-2H3/p+1. The van der Waals surface area contributed by atoms with Crippen LogP contribution < -0.4 is 4.57 Å². The van der Waals surface area contributed by atoms with E-state index in [-0.39, 0.29) is 0 Å². The van der Waals surface area contributed by atoms with E-state index in [0.717, 1.165) is 11.6 Å². The number of H-pyrrole nitrogens is 1. The van der Waals surface area contributed by atoms with Gasteiger partial charge in [-0.1, -0.05) is 0 Å². The maximum absolute atomic E-state index is 4.23. The van der Waals surface area contributed by atoms with Gasteiger partial charge in [-0.05, 0) is 0 Å². The van der Waals surface area contributed by atoms with Crippen molar-refractivity contribution in [3.05, 3.63) is 24.8 Å². The second kappa shape index (κ2) is 2.48. The van der Waals surface area contributed by atoms with Crippen LogP contribution in [0, 0.1) is 0 Å². The van der Waals surface area contributed by atoms with E-state index < -0.39 is 0 Å². The normalized spacial score (nSPS) is 10.5. The summed E-state index contributed by atoms with van der Waals surface area (Å²) in [5.41, 5.74) is 0. The third-order valence-corrected chi connectivity index (χ3v) is 1.90. The van der Waals surface area contributed by atoms with Gasteiger partial charge in [0.2, 0.25) is 5.82 Å². The molecule has 0 aliphatic carbocycles. The molecule has 4 nitrogen and oxygen atoms in total. The maximum Gasteiger partial charge on any atom is 0.323 e. The zero-order valence-electron chi connectivity index (χ0n) is 7.15. The van der Waals surface area contributed by atoms with E-state index >= 15 is 0 Å². The number of aromatic nitrogens is 4. The van der Waals surface area contributed by atoms with Crippen LogP contribution in [-0.2, 0) is 14.1 Å². The Labute approximate surface area is 70.5 Å². The van der Waals surface area contributed by atoms with Crippen molar-refractivity contribution in [2.75, 3.05) is 0 Å². The van der Waals surface area contributed by atoms with Gasteiger partial charge in [0.05, 0.1) is 7.05 Å². The van der Waals surface area contributed by atoms with Gasteiger partial charge < -0.3 is 4.57 Å². The van der Waals surface area contributed by atoms with Gasteiger partial charge in [0.15, 0.2) is 0 Å². The predicted molar refractivity (Wildman–Crippen MR) is 44.2 cm³/mol. The van der Waals surface area contributed by atoms with Crippen LogP contribution in [0.25, 0.3) is 11.6 Å². The molecule has 0 saturated carbocycles. The molecule has 62 valence electrons. The first-order chi connectivity index (χ1) is 5.79. The van der Waals surface area contributed by atoms with Gasteiger partial charge in [-0.15, -0.1) is 0 Å². The lowest BCUT2D eigenvalue weighted by molar-refractivity contribution is -0.659. The van der Waals surface area contributed by atoms with E-state index in [2.05, 4.69) is 9.97 Å². The van der Waals surface area contributed by atoms with Gasteiger partial charge in [0.25, 0.3) is 0 Å². The monoisotopic (exact) mass is 163 g/mol. The Hall–Kier alpha value is -1.58. The lowest BCUT2D eigenvalue weighted by Crippen LogP contribution is -2.28. The van der Waals surface area contributed by atoms with Gasteiger partial charge in [0.1, 0.15) is 12.4 Å². The number of hydrogen-bond donors (Lipinski definition) is 1. The molecule has 2 rings (SSSR count). The molecule has 1 N–H and O–H groups in total. The Morgan fingerprint density at radius 3 is 2.92 bits per heavy atom. The van der Waals surface area contributed by atoms with Crippen LogP contribution in [0.2, 0.25) is 0 Å². The van der Waals surface area contributed by atoms with Gasteiger partial charge >= 0.3 is 5.82 Å². The van der Waals surface area contributed by atoms with Crippen molar-refractivity contribution in [2.45, 2.75) is 0 Å². The Bertz CT molecular complexity index is 347. The molecule has 0 aromatic carbocycles. The van der Waals surface area contributed by atoms with Crippen molar-refractivity contribution in [1.29, 1.82) is 0 Å². The molecule has 0 atom stereocenters. The van der Waals surface area contributed by atoms with E-state index in [9.17, 15) is 0 Å². The average molecular weight is 163 g/mol. The average Bonchev–Trinajstić information content (AvgIpc) is 2.59. The fraction of sp³-hybridized carbons (Fsp3) is 0.250. The van der Waals surface area contributed by atoms with Crippen molar-refractivity contribution in [1.82, 2.24) is 14.5 Å². The molecule has 12 heavy (non-hydrogen) atoms. The lowest BCUT2D eigenvalue weighted by atomic mass is 10.5. The number of rotatable bonds is 1. The first kappa shape index (κ1) is 7.09. The number of aryl methyl sites for hydroxylation is 2. The summed E-state index contributed by atoms with van der Waals surface area (Å²) in [7, 11) is 3.96. The number of nitrogens with one attached hydrogen (secondary N) is 1. The summed E-state index contributed by atoms with van der Waals surface area (Å²) >= 11 is 0. The van der Waals surface area contributed by atoms with Crippen molar-refractivity contribution in [2.24, 2.45) is 14.1 Å². The van der Waals surface area contributed by atoms with Crippen molar-refractivity contribution in [3.8, 4) is 11.6 Å². The van der Waals surface area contributed by atoms with E-state index in [1.165, 1.54) is 0 Å². The van der Waals surface area contributed by atoms with Crippen LogP contribution >= 0.6 is 0 Å². The van der Waals surface area contributed by atoms with E-state index in [0.29, 0.717) is 0 Å². The van der Waals surface area contributed by atoms with Crippen molar-refractivity contribution >= 4 is 0 Å². The van der Waals surface area contributed by atoms with Crippen LogP contribution in [-0.4, -0.2) is 14.5 Å². The quantitative estimate of drug-likeness (QED) is 0.601. The summed E-state index contributed by atoms with van der Waals surface area (Å²) in [6, 6.07) is 0. The summed E-state index contributed by atoms with van der Waals surface area (Å²) in [5, 5.41) is 0. The van der Waals surface area contributed by atoms with Crippen LogP contribution in [0.15, 0.2) is 24.8 Å². The summed E-state index contributed by atoms with van der Waals surface area (Å²) in [5.74, 6) is 1.96. The molecule has 0 spiro atoms. The van der Waals surface area contributed by atoms with E-state index in [1.807, 2.05) is 41.8 Å². The fourth-order valence-electron chi connectivity index (χ4n) is 1.22. The number of hydrogen-bond acceptors (Lipinski definition) is 1. The van der Waals surface area contributed by atoms with Crippen molar-refractivity contribution < 1.29 is 4.57 Å². The molecule has 0 amide bonds. The molecule has 0 aliphatic heterocycles. The highest BCUT2D eigenvalue weighted by Gasteiger charge is 2.13. The first-order valence-electron chi connectivity index (χ1n) is 3.80. The highest BCUT2D eigenvalue weighted by atomic mass is 15.1. The molecule has 2 aromatic heterocycles. The Kier molecular flexibility index (Phi) is 1.46. The number of nitrogens with zero attached hydrogens (tertiary/aromatic N) is 3. The largest absolute Gasteiger partial charge is 0.328 e. The smallest absolute Gasteiger partial charge is 0.323 e. The molecule has 0 saturated heterocycles. The second-order valence-electron chi connectivity index (χ2n) is 2.78. The molecule has 0 aliphatic rings. The summed E-state index contributed by atoms with van der Waals surface area (Å²) in [4.78, 5) is 7.36. The molecule has 2 heterocycles. The minimum atomic E-state index is 0.947. The van der Waals surface area contributed by atoms with Gasteiger partial charge in [-0.3, -0.25) is 0 Å². The molecular weight excluding hydrogens is 152 g/mol. The lowest BCUT2D eigenvalue weighted by Gasteiger charge is -1.94. The van der Waals surface area contributed by atoms with Crippen LogP contribution in [0.5, 0.6) is 0 Å². The highest BCUT2D eigenvalue weighted by Crippen LogP contribution is 2.07. The zero-order valence-corrected chi connectivity index (χ0v) is 7.15. The molecule has 2 aromatic rings. The molecule has 0 fully saturated rings. The Morgan fingerprint density at radius 2 is 2.42 bits per heavy atom.